The van der Waals surface area contributed by atoms with Crippen LogP contribution in [0.25, 0.3) is 11.0 Å². The van der Waals surface area contributed by atoms with Crippen molar-refractivity contribution in [3.8, 4) is 11.5 Å². The molecule has 2 heterocycles. The molecule has 0 saturated carbocycles. The number of benzene rings is 2. The summed E-state index contributed by atoms with van der Waals surface area (Å²) in [6, 6.07) is 12.9. The zero-order chi connectivity index (χ0) is 20.3. The summed E-state index contributed by atoms with van der Waals surface area (Å²) in [5.41, 5.74) is 4.31. The lowest BCUT2D eigenvalue weighted by molar-refractivity contribution is -0.118. The zero-order valence-electron chi connectivity index (χ0n) is 16.7. The number of carbonyl (C=O) groups excluding carboxylic acids is 1. The summed E-state index contributed by atoms with van der Waals surface area (Å²) in [4.78, 5) is 18.1. The van der Waals surface area contributed by atoms with E-state index >= 15 is 0 Å². The molecule has 6 nitrogen and oxygen atoms in total. The van der Waals surface area contributed by atoms with Gasteiger partial charge in [-0.1, -0.05) is 32.0 Å². The van der Waals surface area contributed by atoms with Crippen molar-refractivity contribution in [2.45, 2.75) is 32.7 Å². The lowest BCUT2D eigenvalue weighted by atomic mass is 9.73. The maximum absolute atomic E-state index is 13.3. The van der Waals surface area contributed by atoms with Crippen molar-refractivity contribution in [2.75, 3.05) is 12.4 Å². The van der Waals surface area contributed by atoms with E-state index in [0.717, 1.165) is 40.2 Å². The molecule has 5 rings (SSSR count). The number of para-hydroxylation sites is 2. The molecule has 6 heteroatoms. The first-order chi connectivity index (χ1) is 13.9. The minimum Gasteiger partial charge on any atom is -0.504 e. The highest BCUT2D eigenvalue weighted by molar-refractivity contribution is 6.01. The predicted molar refractivity (Wildman–Crippen MR) is 111 cm³/mol. The zero-order valence-corrected chi connectivity index (χ0v) is 16.7. The molecule has 3 aromatic rings. The Labute approximate surface area is 168 Å². The molecular formula is C23H23N3O3. The highest BCUT2D eigenvalue weighted by atomic mass is 16.5. The van der Waals surface area contributed by atoms with Crippen LogP contribution < -0.4 is 10.1 Å². The van der Waals surface area contributed by atoms with Crippen molar-refractivity contribution >= 4 is 22.8 Å². The van der Waals surface area contributed by atoms with E-state index in [9.17, 15) is 9.90 Å². The summed E-state index contributed by atoms with van der Waals surface area (Å²) < 4.78 is 7.42. The normalized spacial score (nSPS) is 20.2. The second kappa shape index (κ2) is 6.11. The van der Waals surface area contributed by atoms with Gasteiger partial charge in [0.25, 0.3) is 0 Å². The third-order valence-corrected chi connectivity index (χ3v) is 5.83. The minimum atomic E-state index is -0.327. The van der Waals surface area contributed by atoms with E-state index < -0.39 is 0 Å². The molecule has 2 aliphatic rings. The lowest BCUT2D eigenvalue weighted by Crippen LogP contribution is -2.36. The number of anilines is 1. The topological polar surface area (TPSA) is 76.4 Å². The third kappa shape index (κ3) is 2.70. The van der Waals surface area contributed by atoms with Crippen LogP contribution in [-0.4, -0.2) is 27.6 Å². The van der Waals surface area contributed by atoms with Crippen LogP contribution in [0.3, 0.4) is 0 Å². The molecule has 1 aliphatic carbocycles. The average Bonchev–Trinajstić information content (AvgIpc) is 3.04. The smallest absolute Gasteiger partial charge is 0.209 e. The molecule has 2 N–H and O–H groups in total. The Bertz CT molecular complexity index is 1190. The Morgan fingerprint density at radius 2 is 2.00 bits per heavy atom. The van der Waals surface area contributed by atoms with E-state index in [1.165, 1.54) is 7.11 Å². The van der Waals surface area contributed by atoms with Crippen molar-refractivity contribution in [3.63, 3.8) is 0 Å². The molecule has 2 aromatic carbocycles. The van der Waals surface area contributed by atoms with Crippen molar-refractivity contribution < 1.29 is 14.6 Å². The monoisotopic (exact) mass is 389 g/mol. The number of ketones is 1. The van der Waals surface area contributed by atoms with E-state index in [-0.39, 0.29) is 23.0 Å². The van der Waals surface area contributed by atoms with E-state index in [0.29, 0.717) is 12.2 Å². The van der Waals surface area contributed by atoms with Gasteiger partial charge in [0.15, 0.2) is 17.3 Å². The van der Waals surface area contributed by atoms with E-state index in [2.05, 4.69) is 23.7 Å². The van der Waals surface area contributed by atoms with Gasteiger partial charge in [-0.15, -0.1) is 0 Å². The van der Waals surface area contributed by atoms with Crippen LogP contribution in [0.1, 0.15) is 38.3 Å². The third-order valence-electron chi connectivity index (χ3n) is 5.83. The number of phenolic OH excluding ortho intramolecular Hbond substituents is 1. The van der Waals surface area contributed by atoms with Crippen LogP contribution in [0.5, 0.6) is 11.5 Å². The number of imidazole rings is 1. The number of carbonyl (C=O) groups is 1. The predicted octanol–water partition coefficient (Wildman–Crippen LogP) is 4.41. The SMILES string of the molecule is COc1cc(C2C3=C(CC(C)(C)CC3=O)Nc3nc4ccccc4n32)ccc1O. The van der Waals surface area contributed by atoms with Crippen molar-refractivity contribution in [1.82, 2.24) is 9.55 Å². The van der Waals surface area contributed by atoms with Gasteiger partial charge in [-0.2, -0.15) is 0 Å². The molecule has 0 spiro atoms. The summed E-state index contributed by atoms with van der Waals surface area (Å²) in [7, 11) is 1.53. The molecule has 0 radical (unpaired) electrons. The van der Waals surface area contributed by atoms with Gasteiger partial charge >= 0.3 is 0 Å². The number of hydrogen-bond donors (Lipinski definition) is 2. The van der Waals surface area contributed by atoms with Crippen LogP contribution in [0.4, 0.5) is 5.95 Å². The fourth-order valence-electron chi connectivity index (χ4n) is 4.60. The lowest BCUT2D eigenvalue weighted by Gasteiger charge is -2.39. The standard InChI is InChI=1S/C23H23N3O3/c1-23(2)11-15-20(18(28)12-23)21(13-8-9-17(27)19(10-13)29-3)26-16-7-5-4-6-14(16)24-22(26)25-15/h4-10,21,27H,11-12H2,1-3H3,(H,24,25). The molecule has 29 heavy (non-hydrogen) atoms. The number of methoxy groups -OCH3 is 1. The molecule has 0 amide bonds. The Morgan fingerprint density at radius 3 is 2.79 bits per heavy atom. The second-order valence-electron chi connectivity index (χ2n) is 8.59. The van der Waals surface area contributed by atoms with Crippen molar-refractivity contribution in [2.24, 2.45) is 5.41 Å². The number of fused-ring (bicyclic) bond motifs is 3. The number of aromatic hydroxyl groups is 1. The minimum absolute atomic E-state index is 0.0752. The summed E-state index contributed by atoms with van der Waals surface area (Å²) >= 11 is 0. The first-order valence-electron chi connectivity index (χ1n) is 9.75. The molecule has 148 valence electrons. The summed E-state index contributed by atoms with van der Waals surface area (Å²) in [6.45, 7) is 4.24. The molecule has 1 aliphatic heterocycles. The highest BCUT2D eigenvalue weighted by Crippen LogP contribution is 2.47. The Morgan fingerprint density at radius 1 is 1.21 bits per heavy atom. The van der Waals surface area contributed by atoms with Gasteiger partial charge in [-0.25, -0.2) is 4.98 Å². The number of Topliss-reactive ketones (excluding diaryl/α,β-unsaturated/α-hetero) is 1. The number of ether oxygens (including phenoxy) is 1. The summed E-state index contributed by atoms with van der Waals surface area (Å²) in [5.74, 6) is 1.33. The number of nitrogens with zero attached hydrogens (tertiary/aromatic N) is 2. The second-order valence-corrected chi connectivity index (χ2v) is 8.59. The average molecular weight is 389 g/mol. The first-order valence-corrected chi connectivity index (χ1v) is 9.75. The van der Waals surface area contributed by atoms with E-state index in [4.69, 9.17) is 9.72 Å². The van der Waals surface area contributed by atoms with Gasteiger partial charge in [-0.05, 0) is 41.7 Å². The largest absolute Gasteiger partial charge is 0.504 e. The molecule has 0 bridgehead atoms. The number of nitrogens with one attached hydrogen (secondary N) is 1. The molecule has 1 aromatic heterocycles. The summed E-state index contributed by atoms with van der Waals surface area (Å²) in [6.07, 6.45) is 1.28. The molecule has 1 atom stereocenters. The maximum Gasteiger partial charge on any atom is 0.209 e. The molecule has 0 saturated heterocycles. The Hall–Kier alpha value is -3.28. The van der Waals surface area contributed by atoms with E-state index in [1.807, 2.05) is 36.4 Å². The summed E-state index contributed by atoms with van der Waals surface area (Å²) in [5, 5.41) is 13.5. The van der Waals surface area contributed by atoms with E-state index in [1.54, 1.807) is 6.07 Å². The van der Waals surface area contributed by atoms with Gasteiger partial charge in [-0.3, -0.25) is 9.36 Å². The van der Waals surface area contributed by atoms with Crippen LogP contribution in [0, 0.1) is 5.41 Å². The van der Waals surface area contributed by atoms with Gasteiger partial charge in [0, 0.05) is 17.7 Å². The first kappa shape index (κ1) is 17.8. The number of phenols is 1. The molecule has 0 fully saturated rings. The van der Waals surface area contributed by atoms with Gasteiger partial charge in [0.05, 0.1) is 24.2 Å². The Balaban J connectivity index is 1.79. The maximum atomic E-state index is 13.3. The fourth-order valence-corrected chi connectivity index (χ4v) is 4.60. The number of allylic oxidation sites excluding steroid dienone is 2. The Kier molecular flexibility index (Phi) is 3.75. The van der Waals surface area contributed by atoms with Crippen LogP contribution >= 0.6 is 0 Å². The number of aromatic nitrogens is 2. The van der Waals surface area contributed by atoms with Gasteiger partial charge in [0.1, 0.15) is 0 Å². The van der Waals surface area contributed by atoms with Crippen molar-refractivity contribution in [1.29, 1.82) is 0 Å². The van der Waals surface area contributed by atoms with Crippen LogP contribution in [-0.2, 0) is 4.79 Å². The van der Waals surface area contributed by atoms with Gasteiger partial charge < -0.3 is 15.2 Å². The van der Waals surface area contributed by atoms with Crippen LogP contribution in [0.15, 0.2) is 53.7 Å². The van der Waals surface area contributed by atoms with Gasteiger partial charge in [0.2, 0.25) is 5.95 Å². The quantitative estimate of drug-likeness (QED) is 0.679. The fraction of sp³-hybridized carbons (Fsp3) is 0.304. The van der Waals surface area contributed by atoms with Crippen LogP contribution in [0.2, 0.25) is 0 Å². The van der Waals surface area contributed by atoms with Crippen molar-refractivity contribution in [3.05, 3.63) is 59.3 Å². The molecule has 1 unspecified atom stereocenters. The number of rotatable bonds is 2. The highest BCUT2D eigenvalue weighted by Gasteiger charge is 2.41. The molecular weight excluding hydrogens is 366 g/mol. The number of hydrogen-bond acceptors (Lipinski definition) is 5.